The van der Waals surface area contributed by atoms with Gasteiger partial charge in [0.05, 0.1) is 17.3 Å². The van der Waals surface area contributed by atoms with E-state index >= 15 is 0 Å². The van der Waals surface area contributed by atoms with E-state index in [0.29, 0.717) is 33.8 Å². The van der Waals surface area contributed by atoms with E-state index in [9.17, 15) is 22.8 Å². The highest BCUT2D eigenvalue weighted by atomic mass is 19.4. The molecule has 0 aliphatic rings. The number of rotatable bonds is 5. The summed E-state index contributed by atoms with van der Waals surface area (Å²) >= 11 is 0. The molecule has 148 valence electrons. The Kier molecular flexibility index (Phi) is 5.76. The van der Waals surface area contributed by atoms with E-state index in [1.165, 1.54) is 6.92 Å². The smallest absolute Gasteiger partial charge is 0.351 e. The molecule has 0 bridgehead atoms. The third-order valence-electron chi connectivity index (χ3n) is 4.63. The van der Waals surface area contributed by atoms with E-state index in [2.05, 4.69) is 20.6 Å². The second-order valence-corrected chi connectivity index (χ2v) is 6.54. The zero-order valence-corrected chi connectivity index (χ0v) is 15.8. The van der Waals surface area contributed by atoms with Gasteiger partial charge in [-0.3, -0.25) is 14.3 Å². The van der Waals surface area contributed by atoms with Crippen molar-refractivity contribution in [3.8, 4) is 0 Å². The number of aromatic amines is 1. The molecule has 0 aliphatic heterocycles. The Labute approximate surface area is 154 Å². The van der Waals surface area contributed by atoms with E-state index < -0.39 is 30.1 Å². The molecule has 2 aromatic heterocycles. The number of halogens is 3. The van der Waals surface area contributed by atoms with Gasteiger partial charge in [-0.05, 0) is 40.2 Å². The number of aromatic nitrogens is 4. The summed E-state index contributed by atoms with van der Waals surface area (Å²) in [5.41, 5.74) is 2.44. The minimum Gasteiger partial charge on any atom is -0.351 e. The predicted octanol–water partition coefficient (Wildman–Crippen LogP) is 2.18. The molecule has 0 aromatic carbocycles. The SMILES string of the molecule is Cc1n[nH]c(=O)c(CNC(=O)C(C)c2c(C)nn(CC(F)(F)F)c2C)c1C. The maximum atomic E-state index is 12.7. The van der Waals surface area contributed by atoms with Crippen molar-refractivity contribution < 1.29 is 18.0 Å². The van der Waals surface area contributed by atoms with Gasteiger partial charge in [-0.15, -0.1) is 0 Å². The Morgan fingerprint density at radius 2 is 1.85 bits per heavy atom. The van der Waals surface area contributed by atoms with Gasteiger partial charge >= 0.3 is 6.18 Å². The number of aryl methyl sites for hydroxylation is 2. The monoisotopic (exact) mass is 385 g/mol. The van der Waals surface area contributed by atoms with E-state index in [-0.39, 0.29) is 6.54 Å². The molecule has 1 amide bonds. The largest absolute Gasteiger partial charge is 0.408 e. The van der Waals surface area contributed by atoms with Crippen molar-refractivity contribution in [2.75, 3.05) is 0 Å². The zero-order valence-electron chi connectivity index (χ0n) is 15.8. The summed E-state index contributed by atoms with van der Waals surface area (Å²) in [6, 6.07) is 0. The molecule has 0 spiro atoms. The van der Waals surface area contributed by atoms with Crippen LogP contribution in [0.5, 0.6) is 0 Å². The first-order valence-electron chi connectivity index (χ1n) is 8.35. The fraction of sp³-hybridized carbons (Fsp3) is 0.529. The summed E-state index contributed by atoms with van der Waals surface area (Å²) in [7, 11) is 0. The Balaban J connectivity index is 2.19. The summed E-state index contributed by atoms with van der Waals surface area (Å²) in [6.07, 6.45) is -4.40. The lowest BCUT2D eigenvalue weighted by Gasteiger charge is -2.14. The number of nitrogens with one attached hydrogen (secondary N) is 2. The van der Waals surface area contributed by atoms with Crippen molar-refractivity contribution >= 4 is 5.91 Å². The average Bonchev–Trinajstić information content (AvgIpc) is 2.82. The van der Waals surface area contributed by atoms with Crippen LogP contribution in [0.2, 0.25) is 0 Å². The van der Waals surface area contributed by atoms with E-state index in [0.717, 1.165) is 4.68 Å². The number of hydrogen-bond donors (Lipinski definition) is 2. The molecule has 7 nitrogen and oxygen atoms in total. The van der Waals surface area contributed by atoms with Crippen LogP contribution in [0.3, 0.4) is 0 Å². The standard InChI is InChI=1S/C17H22F3N5O2/c1-8-10(3)22-23-16(27)13(8)6-21-15(26)9(2)14-11(4)24-25(12(14)5)7-17(18,19)20/h9H,6-7H2,1-5H3,(H,21,26)(H,23,27). The predicted molar refractivity (Wildman–Crippen MR) is 92.3 cm³/mol. The summed E-state index contributed by atoms with van der Waals surface area (Å²) < 4.78 is 38.8. The van der Waals surface area contributed by atoms with Crippen LogP contribution < -0.4 is 10.9 Å². The second kappa shape index (κ2) is 7.53. The highest BCUT2D eigenvalue weighted by molar-refractivity contribution is 5.83. The van der Waals surface area contributed by atoms with Gasteiger partial charge in [0.15, 0.2) is 0 Å². The highest BCUT2D eigenvalue weighted by Gasteiger charge is 2.31. The summed E-state index contributed by atoms with van der Waals surface area (Å²) in [5, 5.41) is 12.8. The third-order valence-corrected chi connectivity index (χ3v) is 4.63. The molecule has 1 unspecified atom stereocenters. The van der Waals surface area contributed by atoms with Crippen molar-refractivity contribution in [1.82, 2.24) is 25.3 Å². The summed E-state index contributed by atoms with van der Waals surface area (Å²) in [6.45, 7) is 6.94. The lowest BCUT2D eigenvalue weighted by atomic mass is 9.98. The van der Waals surface area contributed by atoms with Crippen molar-refractivity contribution in [3.05, 3.63) is 44.1 Å². The van der Waals surface area contributed by atoms with Crippen molar-refractivity contribution in [3.63, 3.8) is 0 Å². The van der Waals surface area contributed by atoms with Crippen LogP contribution in [-0.4, -0.2) is 32.1 Å². The van der Waals surface area contributed by atoms with E-state index in [1.54, 1.807) is 27.7 Å². The molecular formula is C17H22F3N5O2. The lowest BCUT2D eigenvalue weighted by Crippen LogP contribution is -2.31. The molecule has 2 rings (SSSR count). The molecule has 2 aromatic rings. The molecule has 10 heteroatoms. The number of carbonyl (C=O) groups excluding carboxylic acids is 1. The van der Waals surface area contributed by atoms with Crippen LogP contribution in [-0.2, 0) is 17.9 Å². The Hall–Kier alpha value is -2.65. The first-order valence-corrected chi connectivity index (χ1v) is 8.35. The molecule has 0 radical (unpaired) electrons. The van der Waals surface area contributed by atoms with Gasteiger partial charge in [-0.25, -0.2) is 5.10 Å². The number of nitrogens with zero attached hydrogens (tertiary/aromatic N) is 3. The number of carbonyl (C=O) groups is 1. The molecule has 1 atom stereocenters. The minimum atomic E-state index is -4.40. The first-order chi connectivity index (χ1) is 12.4. The van der Waals surface area contributed by atoms with Gasteiger partial charge in [0.2, 0.25) is 5.91 Å². The van der Waals surface area contributed by atoms with Crippen LogP contribution in [0.25, 0.3) is 0 Å². The second-order valence-electron chi connectivity index (χ2n) is 6.54. The van der Waals surface area contributed by atoms with Crippen LogP contribution in [0.4, 0.5) is 13.2 Å². The molecular weight excluding hydrogens is 363 g/mol. The number of amides is 1. The van der Waals surface area contributed by atoms with Crippen LogP contribution in [0.1, 0.15) is 46.6 Å². The van der Waals surface area contributed by atoms with Gasteiger partial charge in [0.1, 0.15) is 6.54 Å². The summed E-state index contributed by atoms with van der Waals surface area (Å²) in [5.74, 6) is -1.12. The minimum absolute atomic E-state index is 0.00246. The fourth-order valence-corrected chi connectivity index (χ4v) is 3.01. The molecule has 2 heterocycles. The number of alkyl halides is 3. The van der Waals surface area contributed by atoms with Crippen LogP contribution in [0, 0.1) is 27.7 Å². The highest BCUT2D eigenvalue weighted by Crippen LogP contribution is 2.26. The molecule has 0 saturated carbocycles. The molecule has 2 N–H and O–H groups in total. The Bertz CT molecular complexity index is 915. The van der Waals surface area contributed by atoms with Gasteiger partial charge in [0.25, 0.3) is 5.56 Å². The maximum Gasteiger partial charge on any atom is 0.408 e. The fourth-order valence-electron chi connectivity index (χ4n) is 3.01. The van der Waals surface area contributed by atoms with Gasteiger partial charge < -0.3 is 5.32 Å². The van der Waals surface area contributed by atoms with Crippen LogP contribution in [0.15, 0.2) is 4.79 Å². The van der Waals surface area contributed by atoms with Crippen LogP contribution >= 0.6 is 0 Å². The van der Waals surface area contributed by atoms with Gasteiger partial charge in [0, 0.05) is 23.4 Å². The maximum absolute atomic E-state index is 12.7. The normalized spacial score (nSPS) is 12.9. The van der Waals surface area contributed by atoms with E-state index in [4.69, 9.17) is 0 Å². The molecule has 0 aliphatic carbocycles. The lowest BCUT2D eigenvalue weighted by molar-refractivity contribution is -0.143. The molecule has 27 heavy (non-hydrogen) atoms. The number of H-pyrrole nitrogens is 1. The van der Waals surface area contributed by atoms with Gasteiger partial charge in [-0.1, -0.05) is 0 Å². The molecule has 0 saturated heterocycles. The zero-order chi connectivity index (χ0) is 20.5. The van der Waals surface area contributed by atoms with Crippen molar-refractivity contribution in [1.29, 1.82) is 0 Å². The molecule has 0 fully saturated rings. The van der Waals surface area contributed by atoms with E-state index in [1.807, 2.05) is 0 Å². The summed E-state index contributed by atoms with van der Waals surface area (Å²) in [4.78, 5) is 24.4. The van der Waals surface area contributed by atoms with Crippen molar-refractivity contribution in [2.45, 2.75) is 59.8 Å². The average molecular weight is 385 g/mol. The number of hydrogen-bond acceptors (Lipinski definition) is 4. The van der Waals surface area contributed by atoms with Gasteiger partial charge in [-0.2, -0.15) is 23.4 Å². The Morgan fingerprint density at radius 3 is 2.44 bits per heavy atom. The topological polar surface area (TPSA) is 92.7 Å². The Morgan fingerprint density at radius 1 is 1.22 bits per heavy atom. The van der Waals surface area contributed by atoms with Crippen molar-refractivity contribution in [2.24, 2.45) is 0 Å². The quantitative estimate of drug-likeness (QED) is 0.825. The third kappa shape index (κ3) is 4.55. The first kappa shape index (κ1) is 20.7.